The Morgan fingerprint density at radius 3 is 2.62 bits per heavy atom. The summed E-state index contributed by atoms with van der Waals surface area (Å²) in [6.07, 6.45) is 5.89. The number of benzene rings is 2. The van der Waals surface area contributed by atoms with Gasteiger partial charge in [0.05, 0.1) is 46.5 Å². The van der Waals surface area contributed by atoms with Crippen molar-refractivity contribution in [2.45, 2.75) is 38.4 Å². The van der Waals surface area contributed by atoms with Gasteiger partial charge in [-0.2, -0.15) is 0 Å². The van der Waals surface area contributed by atoms with Crippen LogP contribution in [-0.4, -0.2) is 69.0 Å². The van der Waals surface area contributed by atoms with Crippen LogP contribution >= 0.6 is 46.0 Å². The number of nitrogens with two attached hydrogens (primary N) is 1. The van der Waals surface area contributed by atoms with Crippen LogP contribution in [0.3, 0.4) is 0 Å². The number of aliphatic imine (C=N–C) groups is 1. The zero-order valence-electron chi connectivity index (χ0n) is 32.7. The third-order valence-corrected chi connectivity index (χ3v) is 13.6. The van der Waals surface area contributed by atoms with E-state index >= 15 is 0 Å². The van der Waals surface area contributed by atoms with Gasteiger partial charge in [-0.3, -0.25) is 14.5 Å². The number of para-hydroxylation sites is 1. The second-order valence-corrected chi connectivity index (χ2v) is 17.9. The number of β-lactam (4-membered cyclic amide) rings is 1. The number of Topliss-reactive ketones (excluding diaryl/α,β-unsaturated/α-hetero) is 1. The maximum Gasteiger partial charge on any atom is 0.355 e. The van der Waals surface area contributed by atoms with Crippen molar-refractivity contribution >= 4 is 91.8 Å². The van der Waals surface area contributed by atoms with E-state index in [1.54, 1.807) is 37.5 Å². The monoisotopic (exact) mass is 880 g/mol. The molecule has 1 amide bonds. The van der Waals surface area contributed by atoms with E-state index in [0.29, 0.717) is 39.8 Å². The number of thioether (sulfide) groups is 1. The molecule has 2 aliphatic rings. The Hall–Kier alpha value is -5.81. The van der Waals surface area contributed by atoms with E-state index in [4.69, 9.17) is 31.6 Å². The van der Waals surface area contributed by atoms with Gasteiger partial charge in [0, 0.05) is 45.8 Å². The van der Waals surface area contributed by atoms with E-state index < -0.39 is 23.0 Å². The number of esters is 1. The van der Waals surface area contributed by atoms with Crippen LogP contribution in [0.4, 0.5) is 5.69 Å². The molecule has 0 unspecified atom stereocenters. The fourth-order valence-electron chi connectivity index (χ4n) is 7.15. The van der Waals surface area contributed by atoms with Crippen molar-refractivity contribution in [1.29, 1.82) is 0 Å². The van der Waals surface area contributed by atoms with Crippen LogP contribution in [-0.2, 0) is 43.7 Å². The number of pyridine rings is 1. The minimum atomic E-state index is -0.704. The number of oxime groups is 1. The molecule has 13 nitrogen and oxygen atoms in total. The number of aryl methyl sites for hydroxylation is 1. The summed E-state index contributed by atoms with van der Waals surface area (Å²) >= 11 is 10.7. The SMILES string of the molecule is CO/N=C(\C(=O)C[C@@H]1C(=O)N2C(C(=O)OCc3ccc(OC)cc3)=C(C[n+]3ccc4c(ccn4Cc4cc(C(N)=Nc5ccccc5)cs4)c3)CS[C@H]12)c1nc(C)sc1Cl. The number of fused-ring (bicyclic) bond motifs is 2. The van der Waals surface area contributed by atoms with Crippen LogP contribution in [0, 0.1) is 12.8 Å². The van der Waals surface area contributed by atoms with Crippen LogP contribution in [0.15, 0.2) is 118 Å². The average Bonchev–Trinajstić information content (AvgIpc) is 3.99. The van der Waals surface area contributed by atoms with Gasteiger partial charge in [0.15, 0.2) is 30.4 Å². The van der Waals surface area contributed by atoms with E-state index in [0.717, 1.165) is 38.2 Å². The number of ether oxygens (including phenoxy) is 2. The minimum Gasteiger partial charge on any atom is -0.497 e. The van der Waals surface area contributed by atoms with Gasteiger partial charge in [0.2, 0.25) is 5.91 Å². The Labute approximate surface area is 362 Å². The first-order chi connectivity index (χ1) is 29.1. The van der Waals surface area contributed by atoms with E-state index in [1.165, 1.54) is 35.1 Å². The van der Waals surface area contributed by atoms with E-state index in [9.17, 15) is 14.4 Å². The lowest BCUT2D eigenvalue weighted by Crippen LogP contribution is -2.62. The minimum absolute atomic E-state index is 0.00318. The molecule has 6 heterocycles. The van der Waals surface area contributed by atoms with Crippen molar-refractivity contribution in [3.05, 3.63) is 139 Å². The van der Waals surface area contributed by atoms with Crippen LogP contribution in [0.1, 0.15) is 33.1 Å². The molecule has 2 aromatic carbocycles. The summed E-state index contributed by atoms with van der Waals surface area (Å²) in [7, 11) is 2.91. The number of carbonyl (C=O) groups excluding carboxylic acids is 3. The first-order valence-corrected chi connectivity index (χ1v) is 21.9. The Morgan fingerprint density at radius 2 is 1.88 bits per heavy atom. The summed E-state index contributed by atoms with van der Waals surface area (Å²) in [6.45, 7) is 2.76. The Morgan fingerprint density at radius 1 is 1.08 bits per heavy atom. The van der Waals surface area contributed by atoms with Gasteiger partial charge in [-0.1, -0.05) is 47.1 Å². The quantitative estimate of drug-likeness (QED) is 0.0286. The zero-order chi connectivity index (χ0) is 41.9. The molecule has 4 aromatic heterocycles. The third kappa shape index (κ3) is 8.59. The molecule has 1 fully saturated rings. The highest BCUT2D eigenvalue weighted by Gasteiger charge is 2.55. The molecule has 0 saturated carbocycles. The topological polar surface area (TPSA) is 155 Å². The molecular weight excluding hydrogens is 842 g/mol. The molecule has 6 aromatic rings. The lowest BCUT2D eigenvalue weighted by Gasteiger charge is -2.49. The molecule has 2 N–H and O–H groups in total. The van der Waals surface area contributed by atoms with Crippen molar-refractivity contribution in [1.82, 2.24) is 14.5 Å². The van der Waals surface area contributed by atoms with Crippen molar-refractivity contribution in [3.63, 3.8) is 0 Å². The molecule has 0 radical (unpaired) electrons. The van der Waals surface area contributed by atoms with Crippen molar-refractivity contribution < 1.29 is 33.3 Å². The molecule has 306 valence electrons. The van der Waals surface area contributed by atoms with Gasteiger partial charge in [-0.05, 0) is 48.9 Å². The highest BCUT2D eigenvalue weighted by Crippen LogP contribution is 2.46. The number of hydrogen-bond donors (Lipinski definition) is 1. The second kappa shape index (κ2) is 17.8. The summed E-state index contributed by atoms with van der Waals surface area (Å²) in [5, 5.41) is 7.15. The molecule has 17 heteroatoms. The Bertz CT molecular complexity index is 2690. The molecule has 0 spiro atoms. The van der Waals surface area contributed by atoms with Crippen molar-refractivity contribution in [2.24, 2.45) is 21.8 Å². The number of thiazole rings is 1. The highest BCUT2D eigenvalue weighted by atomic mass is 35.5. The number of nitrogens with zero attached hydrogens (tertiary/aromatic N) is 6. The number of amidine groups is 1. The number of halogens is 1. The maximum absolute atomic E-state index is 14.0. The number of ketones is 1. The number of thiophene rings is 1. The Kier molecular flexibility index (Phi) is 12.2. The lowest BCUT2D eigenvalue weighted by atomic mass is 9.89. The normalized spacial score (nSPS) is 16.8. The van der Waals surface area contributed by atoms with Gasteiger partial charge in [-0.15, -0.1) is 34.4 Å². The fourth-order valence-corrected chi connectivity index (χ4v) is 10.5. The first kappa shape index (κ1) is 40.9. The fraction of sp³-hybridized carbons (Fsp3) is 0.233. The number of carbonyl (C=O) groups is 3. The first-order valence-electron chi connectivity index (χ1n) is 18.8. The van der Waals surface area contributed by atoms with Gasteiger partial charge in [-0.25, -0.2) is 19.3 Å². The van der Waals surface area contributed by atoms with Crippen LogP contribution in [0.2, 0.25) is 4.34 Å². The third-order valence-electron chi connectivity index (χ3n) is 10.1. The van der Waals surface area contributed by atoms with Gasteiger partial charge < -0.3 is 24.6 Å². The van der Waals surface area contributed by atoms with Gasteiger partial charge >= 0.3 is 5.97 Å². The lowest BCUT2D eigenvalue weighted by molar-refractivity contribution is -0.687. The number of aromatic nitrogens is 3. The van der Waals surface area contributed by atoms with Crippen molar-refractivity contribution in [3.8, 4) is 5.75 Å². The molecule has 1 saturated heterocycles. The summed E-state index contributed by atoms with van der Waals surface area (Å²) < 4.78 is 15.6. The standard InChI is InChI=1S/C43H39ClN7O6S3/c1-25-46-37(39(44)60-25)36(48-56-3)35(52)18-33-41(53)51-38(43(54)57-22-26-9-11-31(55-2)12-10-26)29(24-59-42(33)51)20-49-15-14-34-27(19-49)13-16-50(34)21-32-17-28(23-58-32)40(45)47-30-7-5-4-6-8-30/h4-17,19,23,33,42H,18,20-22,24H2,1-3H3,(H2,45,47)/q+1/b48-36+/t33-,42-/m1/s1. The van der Waals surface area contributed by atoms with E-state index in [2.05, 4.69) is 31.8 Å². The molecule has 8 rings (SSSR count). The molecular formula is C43H39ClN7O6S3+. The predicted octanol–water partition coefficient (Wildman–Crippen LogP) is 7.04. The molecule has 2 aliphatic heterocycles. The second-order valence-electron chi connectivity index (χ2n) is 14.0. The van der Waals surface area contributed by atoms with Crippen LogP contribution in [0.25, 0.3) is 10.9 Å². The van der Waals surface area contributed by atoms with E-state index in [-0.39, 0.29) is 36.0 Å². The van der Waals surface area contributed by atoms with Gasteiger partial charge in [0.25, 0.3) is 0 Å². The Balaban J connectivity index is 1.02. The average molecular weight is 881 g/mol. The van der Waals surface area contributed by atoms with Crippen molar-refractivity contribution in [2.75, 3.05) is 20.0 Å². The van der Waals surface area contributed by atoms with Crippen LogP contribution in [0.5, 0.6) is 5.75 Å². The molecule has 2 atom stereocenters. The van der Waals surface area contributed by atoms with Gasteiger partial charge in [0.1, 0.15) is 41.0 Å². The zero-order valence-corrected chi connectivity index (χ0v) is 35.9. The summed E-state index contributed by atoms with van der Waals surface area (Å²) in [6, 6.07) is 23.0. The maximum atomic E-state index is 14.0. The number of methoxy groups -OCH3 is 1. The smallest absolute Gasteiger partial charge is 0.355 e. The van der Waals surface area contributed by atoms with E-state index in [1.807, 2.05) is 77.1 Å². The number of amides is 1. The number of hydrogen-bond acceptors (Lipinski definition) is 12. The summed E-state index contributed by atoms with van der Waals surface area (Å²) in [4.78, 5) is 58.2. The number of rotatable bonds is 15. The predicted molar refractivity (Wildman–Crippen MR) is 234 cm³/mol. The largest absolute Gasteiger partial charge is 0.497 e. The van der Waals surface area contributed by atoms with Crippen LogP contribution < -0.4 is 15.0 Å². The highest BCUT2D eigenvalue weighted by molar-refractivity contribution is 8.00. The summed E-state index contributed by atoms with van der Waals surface area (Å²) in [5.41, 5.74) is 10.9. The molecule has 0 bridgehead atoms. The molecule has 0 aliphatic carbocycles. The molecule has 60 heavy (non-hydrogen) atoms. The summed E-state index contributed by atoms with van der Waals surface area (Å²) in [5.74, 6) is -0.524.